The van der Waals surface area contributed by atoms with Crippen LogP contribution in [-0.2, 0) is 0 Å². The van der Waals surface area contributed by atoms with Crippen LogP contribution in [0.1, 0.15) is 41.6 Å². The minimum absolute atomic E-state index is 0.0362. The van der Waals surface area contributed by atoms with Gasteiger partial charge < -0.3 is 11.1 Å². The predicted octanol–water partition coefficient (Wildman–Crippen LogP) is 3.39. The monoisotopic (exact) mass is 548 g/mol. The lowest BCUT2D eigenvalue weighted by Crippen LogP contribution is -2.33. The number of rotatable bonds is 4. The van der Waals surface area contributed by atoms with Crippen LogP contribution in [0.4, 0.5) is 5.82 Å². The fourth-order valence-electron chi connectivity index (χ4n) is 4.63. The van der Waals surface area contributed by atoms with Crippen LogP contribution in [0.3, 0.4) is 0 Å². The zero-order chi connectivity index (χ0) is 27.8. The Morgan fingerprint density at radius 1 is 1.15 bits per heavy atom. The van der Waals surface area contributed by atoms with E-state index in [0.29, 0.717) is 33.6 Å². The molecule has 3 aromatic heterocycles. The average Bonchev–Trinajstić information content (AvgIpc) is 3.53. The zero-order valence-corrected chi connectivity index (χ0v) is 22.5. The predicted molar refractivity (Wildman–Crippen MR) is 157 cm³/mol. The summed E-state index contributed by atoms with van der Waals surface area (Å²) in [6.07, 6.45) is 5.06. The Labute approximate surface area is 233 Å². The number of aromatic nitrogens is 5. The molecule has 198 valence electrons. The largest absolute Gasteiger partial charge is 0.381 e. The van der Waals surface area contributed by atoms with Crippen LogP contribution in [0.5, 0.6) is 0 Å². The van der Waals surface area contributed by atoms with Crippen molar-refractivity contribution in [3.8, 4) is 17.5 Å². The lowest BCUT2D eigenvalue weighted by Gasteiger charge is -2.20. The molecule has 5 aromatic rings. The number of aliphatic imine (C=N–C) groups is 1. The quantitative estimate of drug-likeness (QED) is 0.329. The van der Waals surface area contributed by atoms with Crippen molar-refractivity contribution >= 4 is 46.3 Å². The summed E-state index contributed by atoms with van der Waals surface area (Å²) in [4.78, 5) is 41.0. The molecule has 0 fully saturated rings. The van der Waals surface area contributed by atoms with Crippen LogP contribution >= 0.6 is 11.8 Å². The van der Waals surface area contributed by atoms with Gasteiger partial charge in [-0.15, -0.1) is 16.9 Å². The summed E-state index contributed by atoms with van der Waals surface area (Å²) in [6, 6.07) is 15.6. The Morgan fingerprint density at radius 3 is 2.75 bits per heavy atom. The molecule has 2 aromatic carbocycles. The highest BCUT2D eigenvalue weighted by Crippen LogP contribution is 2.24. The summed E-state index contributed by atoms with van der Waals surface area (Å²) in [6.45, 7) is 3.78. The van der Waals surface area contributed by atoms with Crippen LogP contribution in [0.2, 0.25) is 0 Å². The van der Waals surface area contributed by atoms with Crippen LogP contribution in [0, 0.1) is 11.8 Å². The minimum atomic E-state index is -0.676. The summed E-state index contributed by atoms with van der Waals surface area (Å²) >= 11 is 1.65. The second-order valence-electron chi connectivity index (χ2n) is 9.21. The van der Waals surface area contributed by atoms with Crippen molar-refractivity contribution in [3.05, 3.63) is 94.3 Å². The molecule has 4 heterocycles. The third kappa shape index (κ3) is 4.58. The molecule has 3 atom stereocenters. The van der Waals surface area contributed by atoms with E-state index < -0.39 is 11.9 Å². The SMILES string of the molecule is CC1N=CC(C#Cc2cccc3nc(C(C)NC(=O)c4c(N)nn5cccnc45)n(-c4ccccc4)c(=O)c23)S1. The molecule has 10 nitrogen and oxygen atoms in total. The molecule has 1 amide bonds. The molecule has 1 aliphatic heterocycles. The number of nitrogens with two attached hydrogens (primary N) is 1. The summed E-state index contributed by atoms with van der Waals surface area (Å²) < 4.78 is 2.96. The van der Waals surface area contributed by atoms with Crippen molar-refractivity contribution in [3.63, 3.8) is 0 Å². The lowest BCUT2D eigenvalue weighted by molar-refractivity contribution is 0.0940. The molecule has 0 radical (unpaired) electrons. The molecule has 11 heteroatoms. The van der Waals surface area contributed by atoms with E-state index in [0.717, 1.165) is 0 Å². The van der Waals surface area contributed by atoms with Crippen LogP contribution in [0.15, 0.2) is 76.8 Å². The first-order chi connectivity index (χ1) is 19.4. The number of nitrogens with zero attached hydrogens (tertiary/aromatic N) is 6. The topological polar surface area (TPSA) is 133 Å². The van der Waals surface area contributed by atoms with Crippen LogP contribution < -0.4 is 16.6 Å². The van der Waals surface area contributed by atoms with E-state index in [1.807, 2.05) is 55.6 Å². The van der Waals surface area contributed by atoms with Gasteiger partial charge in [-0.1, -0.05) is 36.1 Å². The van der Waals surface area contributed by atoms with Crippen molar-refractivity contribution < 1.29 is 4.79 Å². The molecule has 0 saturated heterocycles. The van der Waals surface area contributed by atoms with Gasteiger partial charge in [0.2, 0.25) is 0 Å². The van der Waals surface area contributed by atoms with Crippen molar-refractivity contribution in [2.75, 3.05) is 5.73 Å². The molecular weight excluding hydrogens is 524 g/mol. The molecule has 0 saturated carbocycles. The number of hydrogen-bond donors (Lipinski definition) is 2. The van der Waals surface area contributed by atoms with Gasteiger partial charge in [-0.2, -0.15) is 0 Å². The lowest BCUT2D eigenvalue weighted by atomic mass is 10.1. The van der Waals surface area contributed by atoms with Gasteiger partial charge >= 0.3 is 0 Å². The highest BCUT2D eigenvalue weighted by Gasteiger charge is 2.25. The van der Waals surface area contributed by atoms with Gasteiger partial charge in [0, 0.05) is 24.2 Å². The van der Waals surface area contributed by atoms with Crippen LogP contribution in [-0.4, -0.2) is 46.9 Å². The Morgan fingerprint density at radius 2 is 1.98 bits per heavy atom. The molecule has 0 bridgehead atoms. The fraction of sp³-hybridized carbons (Fsp3) is 0.172. The van der Waals surface area contributed by atoms with Crippen LogP contribution in [0.25, 0.3) is 22.2 Å². The van der Waals surface area contributed by atoms with Gasteiger partial charge in [0.1, 0.15) is 16.6 Å². The van der Waals surface area contributed by atoms with Gasteiger partial charge in [-0.25, -0.2) is 14.5 Å². The zero-order valence-electron chi connectivity index (χ0n) is 21.6. The summed E-state index contributed by atoms with van der Waals surface area (Å²) in [5.41, 5.74) is 7.95. The van der Waals surface area contributed by atoms with Gasteiger partial charge in [-0.3, -0.25) is 19.1 Å². The molecule has 3 N–H and O–H groups in total. The summed E-state index contributed by atoms with van der Waals surface area (Å²) in [7, 11) is 0. The summed E-state index contributed by atoms with van der Waals surface area (Å²) in [5.74, 6) is 6.33. The number of benzene rings is 2. The molecule has 0 aliphatic carbocycles. The first-order valence-electron chi connectivity index (χ1n) is 12.6. The number of fused-ring (bicyclic) bond motifs is 2. The molecule has 40 heavy (non-hydrogen) atoms. The maximum Gasteiger partial charge on any atom is 0.267 e. The molecule has 3 unspecified atom stereocenters. The number of carbonyl (C=O) groups excluding carboxylic acids is 1. The first kappa shape index (κ1) is 25.3. The Balaban J connectivity index is 1.45. The fourth-order valence-corrected chi connectivity index (χ4v) is 5.46. The van der Waals surface area contributed by atoms with Gasteiger partial charge in [-0.05, 0) is 44.2 Å². The summed E-state index contributed by atoms with van der Waals surface area (Å²) in [5, 5.41) is 7.64. The van der Waals surface area contributed by atoms with Crippen molar-refractivity contribution in [1.82, 2.24) is 29.5 Å². The third-order valence-electron chi connectivity index (χ3n) is 6.45. The second kappa shape index (κ2) is 10.3. The molecule has 1 aliphatic rings. The van der Waals surface area contributed by atoms with Crippen molar-refractivity contribution in [2.24, 2.45) is 4.99 Å². The highest BCUT2D eigenvalue weighted by molar-refractivity contribution is 8.01. The second-order valence-corrected chi connectivity index (χ2v) is 10.7. The average molecular weight is 549 g/mol. The van der Waals surface area contributed by atoms with Crippen molar-refractivity contribution in [2.45, 2.75) is 30.5 Å². The van der Waals surface area contributed by atoms with E-state index in [2.05, 4.69) is 32.2 Å². The van der Waals surface area contributed by atoms with Gasteiger partial charge in [0.15, 0.2) is 11.5 Å². The Bertz CT molecular complexity index is 1920. The maximum absolute atomic E-state index is 14.1. The highest BCUT2D eigenvalue weighted by atomic mass is 32.2. The number of anilines is 1. The van der Waals surface area contributed by atoms with Crippen molar-refractivity contribution in [1.29, 1.82) is 0 Å². The minimum Gasteiger partial charge on any atom is -0.381 e. The standard InChI is InChI=1S/C29H24N8O2S/c1-17(33-28(38)24-25(30)35-36-15-7-14-31-27(24)36)26-34-22-11-6-8-19(12-13-21-16-32-18(2)40-21)23(22)29(39)37(26)20-9-4-3-5-10-20/h3-11,14-18,21H,1-2H3,(H2,30,35)(H,33,38). The number of hydrogen-bond acceptors (Lipinski definition) is 8. The van der Waals surface area contributed by atoms with E-state index in [4.69, 9.17) is 10.7 Å². The normalized spacial score (nSPS) is 17.1. The van der Waals surface area contributed by atoms with E-state index in [-0.39, 0.29) is 27.6 Å². The third-order valence-corrected chi connectivity index (χ3v) is 7.49. The maximum atomic E-state index is 14.1. The van der Waals surface area contributed by atoms with Gasteiger partial charge in [0.05, 0.1) is 28.0 Å². The smallest absolute Gasteiger partial charge is 0.267 e. The number of amides is 1. The molecule has 0 spiro atoms. The van der Waals surface area contributed by atoms with E-state index in [1.54, 1.807) is 43.2 Å². The Kier molecular flexibility index (Phi) is 6.53. The van der Waals surface area contributed by atoms with Gasteiger partial charge in [0.25, 0.3) is 11.5 Å². The van der Waals surface area contributed by atoms with E-state index in [9.17, 15) is 9.59 Å². The molecule has 6 rings (SSSR count). The number of para-hydroxylation sites is 1. The Hall–Kier alpha value is -4.95. The number of carbonyl (C=O) groups is 1. The molecular formula is C29H24N8O2S. The number of thioether (sulfide) groups is 1. The van der Waals surface area contributed by atoms with E-state index >= 15 is 0 Å². The first-order valence-corrected chi connectivity index (χ1v) is 13.6. The van der Waals surface area contributed by atoms with E-state index in [1.165, 1.54) is 9.08 Å². The number of nitrogens with one attached hydrogen (secondary N) is 1. The number of nitrogen functional groups attached to an aromatic ring is 1.